The molecule has 6 heteroatoms. The third-order valence-corrected chi connectivity index (χ3v) is 6.62. The number of likely N-dealkylation sites (tertiary alicyclic amines) is 1. The SMILES string of the molecule is CCOC(=O)c1cc(F)cc(C)c1NC(=O)C1([N+]2(CC)CCCCCC2)CC1. The van der Waals surface area contributed by atoms with Crippen molar-refractivity contribution in [2.75, 3.05) is 31.6 Å². The highest BCUT2D eigenvalue weighted by atomic mass is 19.1. The van der Waals surface area contributed by atoms with Crippen LogP contribution in [0.2, 0.25) is 0 Å². The number of halogens is 1. The molecule has 0 spiro atoms. The number of benzene rings is 1. The summed E-state index contributed by atoms with van der Waals surface area (Å²) in [5, 5.41) is 3.00. The normalized spacial score (nSPS) is 20.1. The lowest BCUT2D eigenvalue weighted by atomic mass is 10.0. The summed E-state index contributed by atoms with van der Waals surface area (Å²) in [4.78, 5) is 25.8. The Morgan fingerprint density at radius 3 is 2.32 bits per heavy atom. The van der Waals surface area contributed by atoms with E-state index < -0.39 is 17.3 Å². The number of anilines is 1. The average Bonchev–Trinajstić information content (AvgIpc) is 3.48. The van der Waals surface area contributed by atoms with Crippen molar-refractivity contribution in [3.63, 3.8) is 0 Å². The molecule has 1 saturated heterocycles. The van der Waals surface area contributed by atoms with Crippen LogP contribution in [0.4, 0.5) is 10.1 Å². The van der Waals surface area contributed by atoms with Crippen LogP contribution in [-0.4, -0.2) is 48.1 Å². The van der Waals surface area contributed by atoms with Gasteiger partial charge in [0, 0.05) is 12.8 Å². The minimum Gasteiger partial charge on any atom is -0.462 e. The van der Waals surface area contributed by atoms with E-state index in [1.165, 1.54) is 18.9 Å². The van der Waals surface area contributed by atoms with Gasteiger partial charge < -0.3 is 14.5 Å². The molecule has 1 aliphatic heterocycles. The molecule has 154 valence electrons. The molecule has 1 heterocycles. The number of amides is 1. The van der Waals surface area contributed by atoms with Gasteiger partial charge in [0.05, 0.1) is 37.5 Å². The monoisotopic (exact) mass is 391 g/mol. The Morgan fingerprint density at radius 1 is 1.14 bits per heavy atom. The Labute approximate surface area is 166 Å². The van der Waals surface area contributed by atoms with E-state index in [0.29, 0.717) is 11.3 Å². The van der Waals surface area contributed by atoms with E-state index in [2.05, 4.69) is 12.2 Å². The number of hydrogen-bond acceptors (Lipinski definition) is 3. The lowest BCUT2D eigenvalue weighted by Crippen LogP contribution is -2.62. The second-order valence-electron chi connectivity index (χ2n) is 8.17. The van der Waals surface area contributed by atoms with Gasteiger partial charge in [0.2, 0.25) is 0 Å². The fraction of sp³-hybridized carbons (Fsp3) is 0.636. The van der Waals surface area contributed by atoms with Crippen molar-refractivity contribution in [2.45, 2.75) is 64.8 Å². The van der Waals surface area contributed by atoms with Crippen molar-refractivity contribution in [2.24, 2.45) is 0 Å². The Bertz CT molecular complexity index is 750. The molecule has 1 aromatic carbocycles. The number of nitrogens with one attached hydrogen (secondary N) is 1. The summed E-state index contributed by atoms with van der Waals surface area (Å²) < 4.78 is 19.8. The van der Waals surface area contributed by atoms with Gasteiger partial charge in [-0.05, 0) is 64.2 Å². The van der Waals surface area contributed by atoms with Gasteiger partial charge in [-0.25, -0.2) is 9.18 Å². The van der Waals surface area contributed by atoms with Gasteiger partial charge in [-0.1, -0.05) is 0 Å². The van der Waals surface area contributed by atoms with Gasteiger partial charge in [0.25, 0.3) is 5.91 Å². The van der Waals surface area contributed by atoms with Crippen LogP contribution in [0.5, 0.6) is 0 Å². The summed E-state index contributed by atoms with van der Waals surface area (Å²) in [6.07, 6.45) is 6.46. The molecule has 0 atom stereocenters. The maximum Gasteiger partial charge on any atom is 0.340 e. The third kappa shape index (κ3) is 3.66. The van der Waals surface area contributed by atoms with E-state index in [4.69, 9.17) is 4.74 Å². The van der Waals surface area contributed by atoms with Crippen molar-refractivity contribution >= 4 is 17.6 Å². The zero-order valence-corrected chi connectivity index (χ0v) is 17.3. The maximum absolute atomic E-state index is 13.9. The lowest BCUT2D eigenvalue weighted by Gasteiger charge is -2.43. The molecular formula is C22H32FN2O3+. The number of likely N-dealkylation sites (N-methyl/N-ethyl adjacent to an activating group) is 1. The molecule has 1 N–H and O–H groups in total. The molecule has 0 bridgehead atoms. The second kappa shape index (κ2) is 8.19. The van der Waals surface area contributed by atoms with E-state index in [0.717, 1.165) is 55.9 Å². The number of carbonyl (C=O) groups excluding carboxylic acids is 2. The zero-order chi connectivity index (χ0) is 20.4. The first-order valence-corrected chi connectivity index (χ1v) is 10.5. The highest BCUT2D eigenvalue weighted by Crippen LogP contribution is 2.49. The standard InChI is InChI=1S/C22H31FN2O3/c1-4-25(12-8-6-7-9-13-25)22(10-11-22)21(27)24-19-16(3)14-17(23)15-18(19)20(26)28-5-2/h14-15H,4-13H2,1-3H3/p+1. The lowest BCUT2D eigenvalue weighted by molar-refractivity contribution is -0.950. The first kappa shape index (κ1) is 20.8. The third-order valence-electron chi connectivity index (χ3n) is 6.62. The van der Waals surface area contributed by atoms with Crippen molar-refractivity contribution in [1.82, 2.24) is 0 Å². The van der Waals surface area contributed by atoms with Gasteiger partial charge in [0.1, 0.15) is 5.82 Å². The Morgan fingerprint density at radius 2 is 1.79 bits per heavy atom. The van der Waals surface area contributed by atoms with E-state index in [-0.39, 0.29) is 18.1 Å². The largest absolute Gasteiger partial charge is 0.462 e. The maximum atomic E-state index is 13.9. The van der Waals surface area contributed by atoms with Crippen LogP contribution in [0, 0.1) is 12.7 Å². The van der Waals surface area contributed by atoms with Gasteiger partial charge >= 0.3 is 5.97 Å². The van der Waals surface area contributed by atoms with Crippen LogP contribution < -0.4 is 5.32 Å². The molecule has 1 saturated carbocycles. The van der Waals surface area contributed by atoms with Crippen LogP contribution in [-0.2, 0) is 9.53 Å². The first-order chi connectivity index (χ1) is 13.4. The molecule has 2 fully saturated rings. The molecule has 2 aliphatic rings. The fourth-order valence-electron chi connectivity index (χ4n) is 4.89. The predicted octanol–water partition coefficient (Wildman–Crippen LogP) is 4.19. The average molecular weight is 392 g/mol. The molecule has 3 rings (SSSR count). The molecule has 1 amide bonds. The van der Waals surface area contributed by atoms with E-state index in [9.17, 15) is 14.0 Å². The Hall–Kier alpha value is -1.95. The van der Waals surface area contributed by atoms with Crippen molar-refractivity contribution in [1.29, 1.82) is 0 Å². The van der Waals surface area contributed by atoms with Crippen LogP contribution in [0.1, 0.15) is 68.3 Å². The predicted molar refractivity (Wildman–Crippen MR) is 107 cm³/mol. The number of nitrogens with zero attached hydrogens (tertiary/aromatic N) is 1. The number of ether oxygens (including phenoxy) is 1. The quantitative estimate of drug-likeness (QED) is 0.584. The van der Waals surface area contributed by atoms with E-state index in [1.54, 1.807) is 13.8 Å². The summed E-state index contributed by atoms with van der Waals surface area (Å²) >= 11 is 0. The van der Waals surface area contributed by atoms with Gasteiger partial charge in [-0.15, -0.1) is 0 Å². The van der Waals surface area contributed by atoms with E-state index in [1.807, 2.05) is 0 Å². The number of rotatable bonds is 6. The summed E-state index contributed by atoms with van der Waals surface area (Å²) in [5.41, 5.74) is 0.569. The fourth-order valence-corrected chi connectivity index (χ4v) is 4.89. The second-order valence-corrected chi connectivity index (χ2v) is 8.17. The number of quaternary nitrogens is 1. The van der Waals surface area contributed by atoms with Crippen LogP contribution in [0.15, 0.2) is 12.1 Å². The van der Waals surface area contributed by atoms with Gasteiger partial charge in [-0.2, -0.15) is 0 Å². The molecule has 0 aromatic heterocycles. The van der Waals surface area contributed by atoms with Crippen molar-refractivity contribution in [3.8, 4) is 0 Å². The molecule has 1 aromatic rings. The van der Waals surface area contributed by atoms with Crippen molar-refractivity contribution in [3.05, 3.63) is 29.1 Å². The molecule has 0 radical (unpaired) electrons. The highest BCUT2D eigenvalue weighted by Gasteiger charge is 2.65. The summed E-state index contributed by atoms with van der Waals surface area (Å²) in [7, 11) is 0. The number of hydrogen-bond donors (Lipinski definition) is 1. The molecule has 5 nitrogen and oxygen atoms in total. The van der Waals surface area contributed by atoms with Gasteiger partial charge in [-0.3, -0.25) is 4.79 Å². The summed E-state index contributed by atoms with van der Waals surface area (Å²) in [5.74, 6) is -1.17. The molecule has 0 unspecified atom stereocenters. The number of carbonyl (C=O) groups is 2. The summed E-state index contributed by atoms with van der Waals surface area (Å²) in [6, 6.07) is 2.49. The minimum absolute atomic E-state index is 0.0449. The van der Waals surface area contributed by atoms with Gasteiger partial charge in [0.15, 0.2) is 5.54 Å². The highest BCUT2D eigenvalue weighted by molar-refractivity contribution is 6.05. The smallest absolute Gasteiger partial charge is 0.340 e. The topological polar surface area (TPSA) is 55.4 Å². The number of aryl methyl sites for hydroxylation is 1. The number of esters is 1. The van der Waals surface area contributed by atoms with E-state index >= 15 is 0 Å². The van der Waals surface area contributed by atoms with Crippen LogP contribution >= 0.6 is 0 Å². The van der Waals surface area contributed by atoms with Crippen LogP contribution in [0.25, 0.3) is 0 Å². The zero-order valence-electron chi connectivity index (χ0n) is 17.3. The van der Waals surface area contributed by atoms with Crippen LogP contribution in [0.3, 0.4) is 0 Å². The molecule has 1 aliphatic carbocycles. The Balaban J connectivity index is 1.91. The molecule has 28 heavy (non-hydrogen) atoms. The first-order valence-electron chi connectivity index (χ1n) is 10.5. The molecular weight excluding hydrogens is 359 g/mol. The van der Waals surface area contributed by atoms with Crippen molar-refractivity contribution < 1.29 is 23.2 Å². The summed E-state index contributed by atoms with van der Waals surface area (Å²) in [6.45, 7) is 8.76. The minimum atomic E-state index is -0.612. The Kier molecular flexibility index (Phi) is 6.08.